The highest BCUT2D eigenvalue weighted by atomic mass is 32.2. The molecule has 3 rings (SSSR count). The lowest BCUT2D eigenvalue weighted by atomic mass is 10.1. The van der Waals surface area contributed by atoms with E-state index < -0.39 is 11.0 Å². The molecule has 1 saturated carbocycles. The summed E-state index contributed by atoms with van der Waals surface area (Å²) in [7, 11) is 0. The number of benzene rings is 2. The van der Waals surface area contributed by atoms with Crippen LogP contribution in [0.2, 0.25) is 0 Å². The second-order valence-corrected chi connectivity index (χ2v) is 9.82. The zero-order valence-corrected chi connectivity index (χ0v) is 20.7. The normalized spacial score (nSPS) is 14.5. The molecule has 1 N–H and O–H groups in total. The monoisotopic (exact) mass is 483 g/mol. The number of rotatable bonds is 11. The average molecular weight is 484 g/mol. The van der Waals surface area contributed by atoms with E-state index in [0.29, 0.717) is 18.7 Å². The summed E-state index contributed by atoms with van der Waals surface area (Å²) in [6.45, 7) is 4.34. The summed E-state index contributed by atoms with van der Waals surface area (Å²) in [5.41, 5.74) is 3.10. The molecule has 182 valence electrons. The number of aryl methyl sites for hydroxylation is 1. The molecule has 2 amide bonds. The Bertz CT molecular complexity index is 973. The van der Waals surface area contributed by atoms with Crippen molar-refractivity contribution < 1.29 is 14.5 Å². The molecule has 0 aliphatic heterocycles. The number of nitrogens with one attached hydrogen (secondary N) is 1. The minimum atomic E-state index is -0.519. The van der Waals surface area contributed by atoms with Gasteiger partial charge in [0.2, 0.25) is 11.8 Å². The van der Waals surface area contributed by atoms with Gasteiger partial charge < -0.3 is 10.2 Å². The van der Waals surface area contributed by atoms with Crippen molar-refractivity contribution in [2.24, 2.45) is 0 Å². The Kier molecular flexibility index (Phi) is 9.51. The number of carbonyl (C=O) groups is 2. The van der Waals surface area contributed by atoms with Gasteiger partial charge in [0, 0.05) is 30.5 Å². The maximum atomic E-state index is 13.3. The first-order chi connectivity index (χ1) is 16.4. The number of thioether (sulfide) groups is 1. The molecule has 0 saturated heterocycles. The van der Waals surface area contributed by atoms with Crippen molar-refractivity contribution >= 4 is 29.3 Å². The van der Waals surface area contributed by atoms with Crippen LogP contribution in [-0.4, -0.2) is 39.5 Å². The smallest absolute Gasteiger partial charge is 0.269 e. The van der Waals surface area contributed by atoms with Crippen molar-refractivity contribution in [1.82, 2.24) is 10.2 Å². The van der Waals surface area contributed by atoms with Crippen molar-refractivity contribution in [3.63, 3.8) is 0 Å². The van der Waals surface area contributed by atoms with Crippen LogP contribution in [0.3, 0.4) is 0 Å². The quantitative estimate of drug-likeness (QED) is 0.359. The first-order valence-electron chi connectivity index (χ1n) is 11.8. The molecule has 34 heavy (non-hydrogen) atoms. The van der Waals surface area contributed by atoms with Gasteiger partial charge in [-0.3, -0.25) is 19.7 Å². The first kappa shape index (κ1) is 25.7. The van der Waals surface area contributed by atoms with Crippen molar-refractivity contribution in [2.75, 3.05) is 5.75 Å². The highest BCUT2D eigenvalue weighted by Crippen LogP contribution is 2.21. The van der Waals surface area contributed by atoms with E-state index in [1.54, 1.807) is 17.0 Å². The Morgan fingerprint density at radius 2 is 1.71 bits per heavy atom. The van der Waals surface area contributed by atoms with Gasteiger partial charge in [-0.15, -0.1) is 11.8 Å². The molecule has 2 aromatic rings. The molecule has 0 radical (unpaired) electrons. The third-order valence-corrected chi connectivity index (χ3v) is 7.19. The van der Waals surface area contributed by atoms with Crippen LogP contribution in [0.4, 0.5) is 5.69 Å². The second kappa shape index (κ2) is 12.6. The maximum Gasteiger partial charge on any atom is 0.269 e. The fourth-order valence-corrected chi connectivity index (χ4v) is 5.10. The van der Waals surface area contributed by atoms with Crippen LogP contribution in [0.1, 0.15) is 55.7 Å². The van der Waals surface area contributed by atoms with E-state index in [2.05, 4.69) is 5.32 Å². The molecule has 1 aliphatic carbocycles. The Labute approximate surface area is 205 Å². The number of hydrogen-bond donors (Lipinski definition) is 1. The zero-order valence-electron chi connectivity index (χ0n) is 19.9. The number of hydrogen-bond acceptors (Lipinski definition) is 5. The highest BCUT2D eigenvalue weighted by Gasteiger charge is 2.30. The van der Waals surface area contributed by atoms with E-state index in [-0.39, 0.29) is 29.3 Å². The number of non-ortho nitro benzene ring substituents is 1. The fraction of sp³-hybridized carbons (Fsp3) is 0.462. The van der Waals surface area contributed by atoms with Crippen molar-refractivity contribution in [1.29, 1.82) is 0 Å². The van der Waals surface area contributed by atoms with E-state index >= 15 is 0 Å². The fourth-order valence-electron chi connectivity index (χ4n) is 4.23. The number of amides is 2. The zero-order chi connectivity index (χ0) is 24.5. The van der Waals surface area contributed by atoms with Crippen molar-refractivity contribution in [3.8, 4) is 0 Å². The molecule has 1 atom stereocenters. The third-order valence-electron chi connectivity index (χ3n) is 6.20. The summed E-state index contributed by atoms with van der Waals surface area (Å²) in [5.74, 6) is 0.639. The van der Waals surface area contributed by atoms with E-state index in [1.165, 1.54) is 23.9 Å². The summed E-state index contributed by atoms with van der Waals surface area (Å²) < 4.78 is 0. The van der Waals surface area contributed by atoms with E-state index in [0.717, 1.165) is 42.4 Å². The summed E-state index contributed by atoms with van der Waals surface area (Å²) in [5, 5.41) is 14.0. The highest BCUT2D eigenvalue weighted by molar-refractivity contribution is 7.99. The number of nitro benzene ring substituents is 1. The summed E-state index contributed by atoms with van der Waals surface area (Å²) in [4.78, 5) is 38.6. The predicted molar refractivity (Wildman–Crippen MR) is 135 cm³/mol. The molecular formula is C26H33N3O4S. The number of carbonyl (C=O) groups excluding carboxylic acids is 2. The molecule has 1 fully saturated rings. The maximum absolute atomic E-state index is 13.3. The van der Waals surface area contributed by atoms with Crippen molar-refractivity contribution in [3.05, 3.63) is 75.3 Å². The molecule has 0 heterocycles. The van der Waals surface area contributed by atoms with Crippen molar-refractivity contribution in [2.45, 2.75) is 70.3 Å². The summed E-state index contributed by atoms with van der Waals surface area (Å²) in [6, 6.07) is 14.1. The van der Waals surface area contributed by atoms with Crippen LogP contribution in [0.25, 0.3) is 0 Å². The molecule has 0 bridgehead atoms. The Morgan fingerprint density at radius 3 is 2.29 bits per heavy atom. The van der Waals surface area contributed by atoms with Crippen LogP contribution in [-0.2, 0) is 21.9 Å². The van der Waals surface area contributed by atoms with Gasteiger partial charge in [-0.05, 0) is 37.3 Å². The Hall–Kier alpha value is -2.87. The largest absolute Gasteiger partial charge is 0.352 e. The lowest BCUT2D eigenvalue weighted by Gasteiger charge is -2.31. The molecule has 2 aromatic carbocycles. The van der Waals surface area contributed by atoms with Crippen LogP contribution < -0.4 is 5.32 Å². The van der Waals surface area contributed by atoms with Gasteiger partial charge >= 0.3 is 0 Å². The van der Waals surface area contributed by atoms with E-state index in [4.69, 9.17) is 0 Å². The molecule has 0 spiro atoms. The molecule has 8 heteroatoms. The lowest BCUT2D eigenvalue weighted by Crippen LogP contribution is -2.51. The van der Waals surface area contributed by atoms with Crippen LogP contribution >= 0.6 is 11.8 Å². The SMILES string of the molecule is CC[C@@H](C(=O)NC1CCCC1)N(Cc1ccc(C)cc1)C(=O)CSCc1ccc([N+](=O)[O-])cc1. The third kappa shape index (κ3) is 7.32. The average Bonchev–Trinajstić information content (AvgIpc) is 3.33. The van der Waals surface area contributed by atoms with Gasteiger partial charge in [-0.25, -0.2) is 0 Å². The van der Waals surface area contributed by atoms with Gasteiger partial charge in [-0.1, -0.05) is 61.7 Å². The lowest BCUT2D eigenvalue weighted by molar-refractivity contribution is -0.384. The number of nitrogens with zero attached hydrogens (tertiary/aromatic N) is 2. The summed E-state index contributed by atoms with van der Waals surface area (Å²) in [6.07, 6.45) is 4.81. The first-order valence-corrected chi connectivity index (χ1v) is 13.0. The van der Waals surface area contributed by atoms with Crippen LogP contribution in [0, 0.1) is 17.0 Å². The van der Waals surface area contributed by atoms with E-state index in [9.17, 15) is 19.7 Å². The van der Waals surface area contributed by atoms with Crippen LogP contribution in [0.5, 0.6) is 0 Å². The molecule has 7 nitrogen and oxygen atoms in total. The van der Waals surface area contributed by atoms with Gasteiger partial charge in [0.1, 0.15) is 6.04 Å². The molecule has 1 aliphatic rings. The Morgan fingerprint density at radius 1 is 1.09 bits per heavy atom. The standard InChI is InChI=1S/C26H33N3O4S/c1-3-24(26(31)27-22-6-4-5-7-22)28(16-20-10-8-19(2)9-11-20)25(30)18-34-17-21-12-14-23(15-13-21)29(32)33/h8-15,22,24H,3-7,16-18H2,1-2H3,(H,27,31)/t24-/m0/s1. The minimum Gasteiger partial charge on any atom is -0.352 e. The predicted octanol–water partition coefficient (Wildman–Crippen LogP) is 5.00. The minimum absolute atomic E-state index is 0.0492. The Balaban J connectivity index is 1.67. The van der Waals surface area contributed by atoms with E-state index in [1.807, 2.05) is 38.1 Å². The van der Waals surface area contributed by atoms with Gasteiger partial charge in [0.05, 0.1) is 10.7 Å². The summed E-state index contributed by atoms with van der Waals surface area (Å²) >= 11 is 1.45. The van der Waals surface area contributed by atoms with Gasteiger partial charge in [0.15, 0.2) is 0 Å². The molecular weight excluding hydrogens is 450 g/mol. The van der Waals surface area contributed by atoms with Gasteiger partial charge in [0.25, 0.3) is 5.69 Å². The number of nitro groups is 1. The van der Waals surface area contributed by atoms with Crippen LogP contribution in [0.15, 0.2) is 48.5 Å². The topological polar surface area (TPSA) is 92.6 Å². The van der Waals surface area contributed by atoms with Gasteiger partial charge in [-0.2, -0.15) is 0 Å². The molecule has 0 aromatic heterocycles. The molecule has 0 unspecified atom stereocenters. The second-order valence-electron chi connectivity index (χ2n) is 8.84.